The third kappa shape index (κ3) is 1.74. The fraction of sp³-hybridized carbons (Fsp3) is 0.250. The molecule has 0 spiro atoms. The number of halogens is 1. The molecule has 4 rings (SSSR count). The average Bonchev–Trinajstić information content (AvgIpc) is 3.04. The summed E-state index contributed by atoms with van der Waals surface area (Å²) in [5.74, 6) is -1.35. The molecule has 0 aliphatic carbocycles. The van der Waals surface area contributed by atoms with Crippen molar-refractivity contribution >= 4 is 44.2 Å². The van der Waals surface area contributed by atoms with Gasteiger partial charge in [-0.2, -0.15) is 0 Å². The Kier molecular flexibility index (Phi) is 2.99. The molecule has 1 fully saturated rings. The highest BCUT2D eigenvalue weighted by Gasteiger charge is 2.34. The number of amides is 2. The first-order valence-electron chi connectivity index (χ1n) is 7.17. The van der Waals surface area contributed by atoms with Gasteiger partial charge in [-0.3, -0.25) is 14.8 Å². The van der Waals surface area contributed by atoms with Gasteiger partial charge in [0.1, 0.15) is 0 Å². The van der Waals surface area contributed by atoms with Gasteiger partial charge in [0, 0.05) is 28.3 Å². The predicted molar refractivity (Wildman–Crippen MR) is 85.4 cm³/mol. The molecule has 112 valence electrons. The molecule has 2 aliphatic heterocycles. The maximum absolute atomic E-state index is 12.2. The van der Waals surface area contributed by atoms with Crippen LogP contribution in [0.1, 0.15) is 33.6 Å². The molecule has 6 heteroatoms. The maximum atomic E-state index is 12.2. The number of hydrogen-bond donors (Lipinski definition) is 1. The number of carbonyl (C=O) groups excluding carboxylic acids is 2. The van der Waals surface area contributed by atoms with E-state index in [1.165, 1.54) is 0 Å². The molecule has 1 saturated heterocycles. The van der Waals surface area contributed by atoms with E-state index >= 15 is 0 Å². The number of hydrogen-bond acceptors (Lipinski definition) is 4. The molecular formula is C16H13BrN2O3. The lowest BCUT2D eigenvalue weighted by Crippen LogP contribution is -2.37. The molecule has 2 aromatic rings. The van der Waals surface area contributed by atoms with Gasteiger partial charge in [0.05, 0.1) is 16.8 Å². The van der Waals surface area contributed by atoms with E-state index in [1.54, 1.807) is 18.2 Å². The van der Waals surface area contributed by atoms with E-state index in [4.69, 9.17) is 0 Å². The van der Waals surface area contributed by atoms with Crippen LogP contribution >= 0.6 is 15.9 Å². The number of hydroxylamine groups is 2. The van der Waals surface area contributed by atoms with Gasteiger partial charge in [-0.25, -0.2) is 0 Å². The molecular weight excluding hydrogens is 348 g/mol. The Balaban J connectivity index is 2.09. The molecule has 0 aromatic heterocycles. The topological polar surface area (TPSA) is 60.9 Å². The lowest BCUT2D eigenvalue weighted by Gasteiger charge is -2.27. The zero-order valence-corrected chi connectivity index (χ0v) is 13.3. The third-order valence-electron chi connectivity index (χ3n) is 4.35. The number of nitrogens with zero attached hydrogens (tertiary/aromatic N) is 2. The first kappa shape index (κ1) is 13.7. The second kappa shape index (κ2) is 4.79. The Bertz CT molecular complexity index is 828. The van der Waals surface area contributed by atoms with E-state index in [0.717, 1.165) is 41.5 Å². The van der Waals surface area contributed by atoms with Crippen LogP contribution in [0.4, 0.5) is 5.69 Å². The van der Waals surface area contributed by atoms with E-state index in [2.05, 4.69) is 20.8 Å². The van der Waals surface area contributed by atoms with Crippen molar-refractivity contribution in [3.05, 3.63) is 39.9 Å². The Morgan fingerprint density at radius 1 is 1.05 bits per heavy atom. The summed E-state index contributed by atoms with van der Waals surface area (Å²) in [5.41, 5.74) is 1.73. The molecule has 2 amide bonds. The quantitative estimate of drug-likeness (QED) is 0.626. The number of benzene rings is 2. The lowest BCUT2D eigenvalue weighted by atomic mass is 9.93. The van der Waals surface area contributed by atoms with Gasteiger partial charge in [-0.05, 0) is 40.9 Å². The van der Waals surface area contributed by atoms with Crippen molar-refractivity contribution in [1.82, 2.24) is 5.06 Å². The van der Waals surface area contributed by atoms with Crippen LogP contribution in [0, 0.1) is 0 Å². The Morgan fingerprint density at radius 2 is 1.73 bits per heavy atom. The molecule has 1 N–H and O–H groups in total. The Hall–Kier alpha value is -1.92. The van der Waals surface area contributed by atoms with Crippen molar-refractivity contribution in [3.8, 4) is 0 Å². The summed E-state index contributed by atoms with van der Waals surface area (Å²) >= 11 is 3.55. The zero-order valence-electron chi connectivity index (χ0n) is 11.7. The summed E-state index contributed by atoms with van der Waals surface area (Å²) in [4.78, 5) is 26.7. The predicted octanol–water partition coefficient (Wildman–Crippen LogP) is 3.19. The molecule has 0 unspecified atom stereocenters. The van der Waals surface area contributed by atoms with Gasteiger partial charge in [-0.1, -0.05) is 12.1 Å². The van der Waals surface area contributed by atoms with Crippen LogP contribution in [0.15, 0.2) is 28.7 Å². The standard InChI is InChI=1S/C16H13BrN2O3/c17-12-8-11-13-9(14(12)18-6-1-2-7-18)4-3-5-10(13)15(20)19(22)16(11)21/h3-5,8,22H,1-2,6-7H2. The Morgan fingerprint density at radius 3 is 2.45 bits per heavy atom. The first-order chi connectivity index (χ1) is 10.6. The van der Waals surface area contributed by atoms with E-state index in [0.29, 0.717) is 16.5 Å². The van der Waals surface area contributed by atoms with Gasteiger partial charge >= 0.3 is 0 Å². The van der Waals surface area contributed by atoms with Crippen molar-refractivity contribution in [2.75, 3.05) is 18.0 Å². The van der Waals surface area contributed by atoms with Crippen LogP contribution in [0.2, 0.25) is 0 Å². The summed E-state index contributed by atoms with van der Waals surface area (Å²) in [6.45, 7) is 1.93. The second-order valence-corrected chi connectivity index (χ2v) is 6.45. The van der Waals surface area contributed by atoms with Crippen LogP contribution in [0.25, 0.3) is 10.8 Å². The maximum Gasteiger partial charge on any atom is 0.285 e. The van der Waals surface area contributed by atoms with Gasteiger partial charge in [0.15, 0.2) is 0 Å². The molecule has 5 nitrogen and oxygen atoms in total. The minimum absolute atomic E-state index is 0.194. The number of anilines is 1. The normalized spacial score (nSPS) is 17.7. The summed E-state index contributed by atoms with van der Waals surface area (Å²) in [6, 6.07) is 7.06. The largest absolute Gasteiger partial charge is 0.370 e. The SMILES string of the molecule is O=C1c2cccc3c(N4CCCC4)c(Br)cc(c23)C(=O)N1O. The average molecular weight is 361 g/mol. The van der Waals surface area contributed by atoms with E-state index in [-0.39, 0.29) is 5.06 Å². The highest BCUT2D eigenvalue weighted by atomic mass is 79.9. The monoisotopic (exact) mass is 360 g/mol. The van der Waals surface area contributed by atoms with Gasteiger partial charge in [0.25, 0.3) is 11.8 Å². The van der Waals surface area contributed by atoms with Crippen LogP contribution < -0.4 is 4.90 Å². The molecule has 0 atom stereocenters. The molecule has 2 aromatic carbocycles. The van der Waals surface area contributed by atoms with Crippen molar-refractivity contribution in [2.45, 2.75) is 12.8 Å². The van der Waals surface area contributed by atoms with Gasteiger partial charge in [0.2, 0.25) is 0 Å². The smallest absolute Gasteiger partial charge is 0.285 e. The van der Waals surface area contributed by atoms with Crippen molar-refractivity contribution in [1.29, 1.82) is 0 Å². The van der Waals surface area contributed by atoms with Crippen LogP contribution in [-0.2, 0) is 0 Å². The number of rotatable bonds is 1. The summed E-state index contributed by atoms with van der Waals surface area (Å²) in [5, 5.41) is 11.4. The first-order valence-corrected chi connectivity index (χ1v) is 7.96. The molecule has 0 bridgehead atoms. The van der Waals surface area contributed by atoms with Crippen LogP contribution in [-0.4, -0.2) is 35.2 Å². The van der Waals surface area contributed by atoms with Gasteiger partial charge < -0.3 is 4.90 Å². The number of imide groups is 1. The zero-order chi connectivity index (χ0) is 15.4. The Labute approximate surface area is 135 Å². The van der Waals surface area contributed by atoms with Crippen LogP contribution in [0.3, 0.4) is 0 Å². The van der Waals surface area contributed by atoms with E-state index in [9.17, 15) is 14.8 Å². The summed E-state index contributed by atoms with van der Waals surface area (Å²) < 4.78 is 0.810. The molecule has 2 heterocycles. The fourth-order valence-corrected chi connectivity index (χ4v) is 4.06. The van der Waals surface area contributed by atoms with E-state index in [1.807, 2.05) is 6.07 Å². The highest BCUT2D eigenvalue weighted by molar-refractivity contribution is 9.10. The fourth-order valence-electron chi connectivity index (χ4n) is 3.37. The highest BCUT2D eigenvalue weighted by Crippen LogP contribution is 2.41. The van der Waals surface area contributed by atoms with Crippen molar-refractivity contribution in [2.24, 2.45) is 0 Å². The lowest BCUT2D eigenvalue weighted by molar-refractivity contribution is -0.0377. The minimum Gasteiger partial charge on any atom is -0.370 e. The van der Waals surface area contributed by atoms with Crippen molar-refractivity contribution in [3.63, 3.8) is 0 Å². The summed E-state index contributed by atoms with van der Waals surface area (Å²) in [7, 11) is 0. The molecule has 0 saturated carbocycles. The second-order valence-electron chi connectivity index (χ2n) is 5.60. The number of carbonyl (C=O) groups is 2. The van der Waals surface area contributed by atoms with Crippen LogP contribution in [0.5, 0.6) is 0 Å². The van der Waals surface area contributed by atoms with Crippen molar-refractivity contribution < 1.29 is 14.8 Å². The molecule has 22 heavy (non-hydrogen) atoms. The molecule has 0 radical (unpaired) electrons. The minimum atomic E-state index is -0.678. The summed E-state index contributed by atoms with van der Waals surface area (Å²) in [6.07, 6.45) is 2.27. The van der Waals surface area contributed by atoms with Gasteiger partial charge in [-0.15, -0.1) is 5.06 Å². The molecule has 2 aliphatic rings. The third-order valence-corrected chi connectivity index (χ3v) is 4.96. The van der Waals surface area contributed by atoms with E-state index < -0.39 is 11.8 Å².